The Morgan fingerprint density at radius 3 is 2.39 bits per heavy atom. The average molecular weight is 561 g/mol. The summed E-state index contributed by atoms with van der Waals surface area (Å²) in [4.78, 5) is 11.9. The zero-order valence-electron chi connectivity index (χ0n) is 24.8. The van der Waals surface area contributed by atoms with E-state index < -0.39 is 5.60 Å². The third-order valence-corrected chi connectivity index (χ3v) is 6.50. The predicted molar refractivity (Wildman–Crippen MR) is 159 cm³/mol. The number of carbonyl (C=O) groups is 1. The van der Waals surface area contributed by atoms with Crippen LogP contribution in [0, 0.1) is 20.8 Å². The molecule has 10 nitrogen and oxygen atoms in total. The summed E-state index contributed by atoms with van der Waals surface area (Å²) in [5, 5.41) is 14.1. The molecule has 0 fully saturated rings. The van der Waals surface area contributed by atoms with Crippen molar-refractivity contribution in [3.8, 4) is 16.8 Å². The van der Waals surface area contributed by atoms with Crippen molar-refractivity contribution in [3.05, 3.63) is 72.1 Å². The van der Waals surface area contributed by atoms with Gasteiger partial charge in [0.05, 0.1) is 17.1 Å². The Bertz CT molecular complexity index is 1390. The van der Waals surface area contributed by atoms with Gasteiger partial charge in [0.15, 0.2) is 0 Å². The zero-order chi connectivity index (χ0) is 29.4. The van der Waals surface area contributed by atoms with Gasteiger partial charge < -0.3 is 14.0 Å². The molecule has 0 spiro atoms. The number of aromatic nitrogens is 4. The van der Waals surface area contributed by atoms with Gasteiger partial charge >= 0.3 is 5.97 Å². The molecule has 41 heavy (non-hydrogen) atoms. The van der Waals surface area contributed by atoms with Gasteiger partial charge in [0.1, 0.15) is 30.6 Å². The van der Waals surface area contributed by atoms with Crippen molar-refractivity contribution in [1.82, 2.24) is 19.9 Å². The molecule has 2 aromatic heterocycles. The highest BCUT2D eigenvalue weighted by Gasteiger charge is 2.17. The van der Waals surface area contributed by atoms with E-state index in [4.69, 9.17) is 14.0 Å². The first-order valence-corrected chi connectivity index (χ1v) is 13.9. The first-order valence-electron chi connectivity index (χ1n) is 13.9. The molecule has 0 unspecified atom stereocenters. The van der Waals surface area contributed by atoms with E-state index in [0.29, 0.717) is 6.61 Å². The summed E-state index contributed by atoms with van der Waals surface area (Å²) < 4.78 is 18.1. The van der Waals surface area contributed by atoms with Crippen molar-refractivity contribution in [2.75, 3.05) is 30.2 Å². The SMILES string of the molecule is Cc1ccc(-c2c(C)noc2C)cc1NN(CCCCCOCC(=O)OC(C)(C)C)c1ccc(-n2cnnc2)cc1. The van der Waals surface area contributed by atoms with Crippen molar-refractivity contribution in [2.24, 2.45) is 0 Å². The largest absolute Gasteiger partial charge is 0.458 e. The van der Waals surface area contributed by atoms with Crippen LogP contribution in [0.4, 0.5) is 11.4 Å². The standard InChI is InChI=1S/C31H40N6O4/c1-22-10-11-25(30-23(2)35-41-24(30)3)18-28(22)34-37(27-14-12-26(13-15-27)36-20-32-33-21-36)16-8-7-9-17-39-19-29(38)40-31(4,5)6/h10-15,18,20-21,34H,7-9,16-17,19H2,1-6H3. The average Bonchev–Trinajstić information content (AvgIpc) is 3.58. The molecule has 1 N–H and O–H groups in total. The molecular weight excluding hydrogens is 520 g/mol. The first kappa shape index (κ1) is 29.8. The molecular formula is C31H40N6O4. The Kier molecular flexibility index (Phi) is 9.78. The molecule has 4 rings (SSSR count). The van der Waals surface area contributed by atoms with Crippen LogP contribution >= 0.6 is 0 Å². The van der Waals surface area contributed by atoms with Crippen LogP contribution < -0.4 is 10.4 Å². The number of ether oxygens (including phenoxy) is 2. The minimum absolute atomic E-state index is 0.0233. The summed E-state index contributed by atoms with van der Waals surface area (Å²) in [5.74, 6) is 0.463. The number of benzene rings is 2. The van der Waals surface area contributed by atoms with E-state index in [-0.39, 0.29) is 12.6 Å². The van der Waals surface area contributed by atoms with Gasteiger partial charge in [0, 0.05) is 24.4 Å². The van der Waals surface area contributed by atoms with Crippen molar-refractivity contribution >= 4 is 17.3 Å². The van der Waals surface area contributed by atoms with E-state index in [1.54, 1.807) is 12.7 Å². The zero-order valence-corrected chi connectivity index (χ0v) is 24.8. The van der Waals surface area contributed by atoms with Crippen LogP contribution in [0.15, 0.2) is 59.6 Å². The van der Waals surface area contributed by atoms with Gasteiger partial charge in [-0.05, 0) is 102 Å². The molecule has 0 bridgehead atoms. The molecule has 0 aliphatic heterocycles. The molecule has 10 heteroatoms. The minimum atomic E-state index is -0.504. The maximum Gasteiger partial charge on any atom is 0.332 e. The number of nitrogens with zero attached hydrogens (tertiary/aromatic N) is 5. The Balaban J connectivity index is 1.42. The Morgan fingerprint density at radius 1 is 1.00 bits per heavy atom. The molecule has 2 heterocycles. The van der Waals surface area contributed by atoms with E-state index >= 15 is 0 Å². The number of aryl methyl sites for hydroxylation is 3. The van der Waals surface area contributed by atoms with E-state index in [1.807, 2.05) is 51.3 Å². The topological polar surface area (TPSA) is 108 Å². The lowest BCUT2D eigenvalue weighted by molar-refractivity contribution is -0.160. The van der Waals surface area contributed by atoms with Crippen molar-refractivity contribution in [1.29, 1.82) is 0 Å². The Labute approximate surface area is 241 Å². The molecule has 0 saturated carbocycles. The molecule has 4 aromatic rings. The molecule has 0 amide bonds. The van der Waals surface area contributed by atoms with E-state index in [1.165, 1.54) is 0 Å². The fraction of sp³-hybridized carbons (Fsp3) is 0.419. The second-order valence-corrected chi connectivity index (χ2v) is 11.1. The smallest absolute Gasteiger partial charge is 0.332 e. The van der Waals surface area contributed by atoms with E-state index in [9.17, 15) is 4.79 Å². The summed E-state index contributed by atoms with van der Waals surface area (Å²) in [6.07, 6.45) is 6.09. The number of nitrogens with one attached hydrogen (secondary N) is 1. The highest BCUT2D eigenvalue weighted by molar-refractivity contribution is 5.74. The summed E-state index contributed by atoms with van der Waals surface area (Å²) >= 11 is 0. The summed E-state index contributed by atoms with van der Waals surface area (Å²) in [7, 11) is 0. The van der Waals surface area contributed by atoms with Gasteiger partial charge in [-0.15, -0.1) is 10.2 Å². The molecule has 0 radical (unpaired) electrons. The third-order valence-electron chi connectivity index (χ3n) is 6.50. The summed E-state index contributed by atoms with van der Waals surface area (Å²) in [6, 6.07) is 14.6. The quantitative estimate of drug-likeness (QED) is 0.116. The van der Waals surface area contributed by atoms with Gasteiger partial charge in [-0.1, -0.05) is 17.3 Å². The minimum Gasteiger partial charge on any atom is -0.458 e. The van der Waals surface area contributed by atoms with Gasteiger partial charge in [-0.3, -0.25) is 15.0 Å². The van der Waals surface area contributed by atoms with Gasteiger partial charge in [0.2, 0.25) is 0 Å². The maximum absolute atomic E-state index is 11.9. The van der Waals surface area contributed by atoms with Crippen LogP contribution in [-0.2, 0) is 14.3 Å². The number of hydrogen-bond acceptors (Lipinski definition) is 9. The normalized spacial score (nSPS) is 11.5. The number of carbonyl (C=O) groups excluding carboxylic acids is 1. The molecule has 0 atom stereocenters. The number of unbranched alkanes of at least 4 members (excludes halogenated alkanes) is 2. The summed E-state index contributed by atoms with van der Waals surface area (Å²) in [6.45, 7) is 12.8. The fourth-order valence-corrected chi connectivity index (χ4v) is 4.50. The number of hydrazine groups is 1. The van der Waals surface area contributed by atoms with Crippen molar-refractivity contribution < 1.29 is 18.8 Å². The molecule has 0 aliphatic carbocycles. The van der Waals surface area contributed by atoms with Crippen molar-refractivity contribution in [3.63, 3.8) is 0 Å². The highest BCUT2D eigenvalue weighted by Crippen LogP contribution is 2.31. The lowest BCUT2D eigenvalue weighted by Crippen LogP contribution is -2.31. The second kappa shape index (κ2) is 13.5. The Hall–Kier alpha value is -4.18. The van der Waals surface area contributed by atoms with E-state index in [2.05, 4.69) is 63.0 Å². The van der Waals surface area contributed by atoms with Crippen LogP contribution in [0.3, 0.4) is 0 Å². The van der Waals surface area contributed by atoms with Crippen LogP contribution in [-0.4, -0.2) is 51.3 Å². The number of esters is 1. The van der Waals surface area contributed by atoms with E-state index in [0.717, 1.165) is 71.0 Å². The Morgan fingerprint density at radius 2 is 1.73 bits per heavy atom. The summed E-state index contributed by atoms with van der Waals surface area (Å²) in [5.41, 5.74) is 10.2. The molecule has 218 valence electrons. The highest BCUT2D eigenvalue weighted by atomic mass is 16.6. The van der Waals surface area contributed by atoms with Crippen molar-refractivity contribution in [2.45, 2.75) is 66.4 Å². The number of rotatable bonds is 13. The predicted octanol–water partition coefficient (Wildman–Crippen LogP) is 6.21. The maximum atomic E-state index is 11.9. The third kappa shape index (κ3) is 8.40. The number of hydrogen-bond donors (Lipinski definition) is 1. The van der Waals surface area contributed by atoms with Crippen LogP contribution in [0.5, 0.6) is 0 Å². The van der Waals surface area contributed by atoms with Gasteiger partial charge in [-0.25, -0.2) is 4.79 Å². The molecule has 0 aliphatic rings. The van der Waals surface area contributed by atoms with Crippen LogP contribution in [0.25, 0.3) is 16.8 Å². The van der Waals surface area contributed by atoms with Crippen LogP contribution in [0.2, 0.25) is 0 Å². The van der Waals surface area contributed by atoms with Gasteiger partial charge in [-0.2, -0.15) is 0 Å². The molecule has 2 aromatic carbocycles. The second-order valence-electron chi connectivity index (χ2n) is 11.1. The first-order chi connectivity index (χ1) is 19.6. The lowest BCUT2D eigenvalue weighted by atomic mass is 10.0. The number of anilines is 2. The van der Waals surface area contributed by atoms with Gasteiger partial charge in [0.25, 0.3) is 0 Å². The van der Waals surface area contributed by atoms with Crippen LogP contribution in [0.1, 0.15) is 57.1 Å². The lowest BCUT2D eigenvalue weighted by Gasteiger charge is -2.28. The monoisotopic (exact) mass is 560 g/mol. The fourth-order valence-electron chi connectivity index (χ4n) is 4.50. The molecule has 0 saturated heterocycles.